The minimum atomic E-state index is -0.618. The Bertz CT molecular complexity index is 828. The molecule has 4 rings (SSSR count). The van der Waals surface area contributed by atoms with E-state index in [2.05, 4.69) is 83.8 Å². The summed E-state index contributed by atoms with van der Waals surface area (Å²) in [6.45, 7) is 0. The highest BCUT2D eigenvalue weighted by Crippen LogP contribution is 2.32. The minimum Gasteiger partial charge on any atom is -0.150 e. The molecule has 0 radical (unpaired) electrons. The van der Waals surface area contributed by atoms with Gasteiger partial charge in [-0.15, -0.1) is 11.3 Å². The van der Waals surface area contributed by atoms with E-state index in [1.165, 1.54) is 28.3 Å². The Morgan fingerprint density at radius 3 is 2.05 bits per heavy atom. The molecule has 0 saturated carbocycles. The Balaban J connectivity index is 1.83. The number of hydrogen-bond donors (Lipinski definition) is 0. The van der Waals surface area contributed by atoms with E-state index in [9.17, 15) is 0 Å². The van der Waals surface area contributed by atoms with Crippen LogP contribution in [0.25, 0.3) is 11.1 Å². The van der Waals surface area contributed by atoms with Crippen LogP contribution in [-0.2, 0) is 0 Å². The van der Waals surface area contributed by atoms with Gasteiger partial charge in [-0.25, -0.2) is 0 Å². The Hall–Kier alpha value is -2.03. The number of allylic oxidation sites excluding steroid dienone is 2. The van der Waals surface area contributed by atoms with E-state index in [1.807, 2.05) is 11.3 Å². The summed E-state index contributed by atoms with van der Waals surface area (Å²) in [7, 11) is -0.618. The van der Waals surface area contributed by atoms with Crippen molar-refractivity contribution in [1.82, 2.24) is 0 Å². The van der Waals surface area contributed by atoms with Crippen molar-refractivity contribution in [2.24, 2.45) is 0 Å². The maximum atomic E-state index is 2.55. The summed E-state index contributed by atoms with van der Waals surface area (Å²) in [5, 5.41) is 2.20. The second-order valence-electron chi connectivity index (χ2n) is 5.45. The molecule has 1 aliphatic rings. The van der Waals surface area contributed by atoms with E-state index in [-0.39, 0.29) is 0 Å². The molecule has 0 unspecified atom stereocenters. The molecular weight excluding hydrogens is 300 g/mol. The average molecular weight is 317 g/mol. The summed E-state index contributed by atoms with van der Waals surface area (Å²) in [6, 6.07) is 27.3. The first-order valence-electron chi connectivity index (χ1n) is 7.50. The van der Waals surface area contributed by atoms with Gasteiger partial charge in [0.1, 0.15) is 0 Å². The van der Waals surface area contributed by atoms with Crippen molar-refractivity contribution < 1.29 is 0 Å². The van der Waals surface area contributed by atoms with Crippen LogP contribution in [0.3, 0.4) is 0 Å². The van der Waals surface area contributed by atoms with E-state index in [4.69, 9.17) is 0 Å². The van der Waals surface area contributed by atoms with E-state index >= 15 is 0 Å². The van der Waals surface area contributed by atoms with Gasteiger partial charge in [-0.05, 0) is 39.8 Å². The summed E-state index contributed by atoms with van der Waals surface area (Å²) in [6.07, 6.45) is 0. The van der Waals surface area contributed by atoms with Crippen LogP contribution in [0.15, 0.2) is 78.2 Å². The van der Waals surface area contributed by atoms with Gasteiger partial charge < -0.3 is 0 Å². The minimum absolute atomic E-state index is 0.618. The van der Waals surface area contributed by atoms with Crippen LogP contribution in [0.4, 0.5) is 0 Å². The molecule has 0 saturated heterocycles. The van der Waals surface area contributed by atoms with E-state index < -0.39 is 8.41 Å². The maximum absolute atomic E-state index is 2.55. The van der Waals surface area contributed by atoms with Crippen molar-refractivity contribution in [2.45, 2.75) is 6.04 Å². The van der Waals surface area contributed by atoms with E-state index in [0.29, 0.717) is 0 Å². The van der Waals surface area contributed by atoms with Crippen LogP contribution >= 0.6 is 11.3 Å². The lowest BCUT2D eigenvalue weighted by Crippen LogP contribution is -2.17. The molecule has 2 heteroatoms. The van der Waals surface area contributed by atoms with Gasteiger partial charge in [0.2, 0.25) is 0 Å². The van der Waals surface area contributed by atoms with E-state index in [0.717, 1.165) is 0 Å². The molecule has 0 N–H and O–H groups in total. The van der Waals surface area contributed by atoms with Gasteiger partial charge in [0.05, 0.1) is 8.41 Å². The fourth-order valence-electron chi connectivity index (χ4n) is 2.99. The normalized spacial score (nSPS) is 14.3. The van der Waals surface area contributed by atoms with Crippen LogP contribution in [0.1, 0.15) is 11.1 Å². The molecule has 0 fully saturated rings. The summed E-state index contributed by atoms with van der Waals surface area (Å²) >= 11 is 1.90. The number of benzene rings is 2. The molecule has 1 aromatic heterocycles. The third-order valence-electron chi connectivity index (χ3n) is 4.06. The molecule has 0 aliphatic carbocycles. The van der Waals surface area contributed by atoms with Crippen LogP contribution in [0, 0.1) is 0 Å². The molecule has 3 aromatic rings. The molecule has 1 aliphatic heterocycles. The summed E-state index contributed by atoms with van der Waals surface area (Å²) in [5.74, 6) is 0. The molecule has 2 aromatic carbocycles. The highest BCUT2D eigenvalue weighted by atomic mass is 32.1. The number of rotatable bonds is 3. The molecule has 106 valence electrons. The Labute approximate surface area is 136 Å². The van der Waals surface area contributed by atoms with Crippen molar-refractivity contribution in [3.63, 3.8) is 0 Å². The molecule has 2 heterocycles. The SMILES string of the molecule is C1=[Si](c2cccs2)CC(c2ccccc2)=C1c1ccccc1. The van der Waals surface area contributed by atoms with Crippen molar-refractivity contribution in [3.8, 4) is 0 Å². The van der Waals surface area contributed by atoms with Gasteiger partial charge >= 0.3 is 0 Å². The first-order chi connectivity index (χ1) is 10.9. The highest BCUT2D eigenvalue weighted by Gasteiger charge is 2.20. The van der Waals surface area contributed by atoms with Crippen LogP contribution in [0.5, 0.6) is 0 Å². The molecule has 0 nitrogen and oxygen atoms in total. The second kappa shape index (κ2) is 5.99. The van der Waals surface area contributed by atoms with Crippen molar-refractivity contribution in [2.75, 3.05) is 0 Å². The van der Waals surface area contributed by atoms with Gasteiger partial charge in [0, 0.05) is 4.50 Å². The highest BCUT2D eigenvalue weighted by molar-refractivity contribution is 7.23. The van der Waals surface area contributed by atoms with Gasteiger partial charge in [-0.1, -0.05) is 72.4 Å². The summed E-state index contributed by atoms with van der Waals surface area (Å²) in [4.78, 5) is 0. The lowest BCUT2D eigenvalue weighted by atomic mass is 9.97. The molecule has 0 spiro atoms. The topological polar surface area (TPSA) is 0 Å². The fourth-order valence-corrected chi connectivity index (χ4v) is 6.85. The van der Waals surface area contributed by atoms with Crippen molar-refractivity contribution >= 4 is 41.1 Å². The summed E-state index contributed by atoms with van der Waals surface area (Å²) < 4.78 is 1.56. The van der Waals surface area contributed by atoms with Crippen LogP contribution in [0.2, 0.25) is 6.04 Å². The molecule has 0 atom stereocenters. The zero-order valence-corrected chi connectivity index (χ0v) is 14.0. The fraction of sp³-hybridized carbons (Fsp3) is 0.0500. The monoisotopic (exact) mass is 316 g/mol. The predicted molar refractivity (Wildman–Crippen MR) is 100 cm³/mol. The van der Waals surface area contributed by atoms with Gasteiger partial charge in [0.25, 0.3) is 0 Å². The van der Waals surface area contributed by atoms with Gasteiger partial charge in [-0.3, -0.25) is 0 Å². The van der Waals surface area contributed by atoms with Crippen LogP contribution in [-0.4, -0.2) is 14.1 Å². The third kappa shape index (κ3) is 2.56. The molecular formula is C20H16SSi. The molecule has 22 heavy (non-hydrogen) atoms. The smallest absolute Gasteiger partial charge is 0.0642 e. The van der Waals surface area contributed by atoms with Gasteiger partial charge in [0.15, 0.2) is 0 Å². The lowest BCUT2D eigenvalue weighted by molar-refractivity contribution is 1.56. The number of thiophene rings is 1. The van der Waals surface area contributed by atoms with E-state index in [1.54, 1.807) is 4.50 Å². The summed E-state index contributed by atoms with van der Waals surface area (Å²) in [5.41, 5.74) is 8.21. The second-order valence-corrected chi connectivity index (χ2v) is 8.99. The van der Waals surface area contributed by atoms with Crippen molar-refractivity contribution in [1.29, 1.82) is 0 Å². The zero-order valence-electron chi connectivity index (χ0n) is 12.2. The largest absolute Gasteiger partial charge is 0.150 e. The standard InChI is InChI=1S/C20H16SSi/c1-3-8-16(9-4-1)18-14-22(20-12-7-13-21-20)15-19(18)17-10-5-2-6-11-17/h1-14H,15H2. The molecule has 0 bridgehead atoms. The predicted octanol–water partition coefficient (Wildman–Crippen LogP) is 4.46. The maximum Gasteiger partial charge on any atom is 0.0642 e. The third-order valence-corrected chi connectivity index (χ3v) is 8.05. The number of hydrogen-bond acceptors (Lipinski definition) is 1. The Morgan fingerprint density at radius 2 is 1.41 bits per heavy atom. The molecule has 0 amide bonds. The lowest BCUT2D eigenvalue weighted by Gasteiger charge is -2.08. The first kappa shape index (κ1) is 13.6. The first-order valence-corrected chi connectivity index (χ1v) is 10.2. The zero-order chi connectivity index (χ0) is 14.8. The quantitative estimate of drug-likeness (QED) is 0.626. The average Bonchev–Trinajstić information content (AvgIpc) is 3.26. The Kier molecular flexibility index (Phi) is 3.71. The van der Waals surface area contributed by atoms with Crippen molar-refractivity contribution in [3.05, 3.63) is 89.3 Å². The van der Waals surface area contributed by atoms with Gasteiger partial charge in [-0.2, -0.15) is 0 Å². The van der Waals surface area contributed by atoms with Crippen LogP contribution < -0.4 is 4.50 Å². The Morgan fingerprint density at radius 1 is 0.727 bits per heavy atom.